The first-order valence-corrected chi connectivity index (χ1v) is 8.33. The van der Waals surface area contributed by atoms with Crippen LogP contribution >= 0.6 is 11.3 Å². The number of amides is 2. The number of carbonyl (C=O) groups is 1. The van der Waals surface area contributed by atoms with Gasteiger partial charge in [-0.2, -0.15) is 0 Å². The highest BCUT2D eigenvalue weighted by Gasteiger charge is 2.28. The SMILES string of the molecule is CCC(NC(=O)NCC(C)(O)c1cccs1)C1CCCO1. The topological polar surface area (TPSA) is 70.6 Å². The molecule has 0 aliphatic carbocycles. The summed E-state index contributed by atoms with van der Waals surface area (Å²) < 4.78 is 5.62. The number of thiophene rings is 1. The molecule has 3 atom stereocenters. The largest absolute Gasteiger partial charge is 0.383 e. The van der Waals surface area contributed by atoms with Gasteiger partial charge in [0.25, 0.3) is 0 Å². The molecule has 0 radical (unpaired) electrons. The Hall–Kier alpha value is -1.11. The highest BCUT2D eigenvalue weighted by atomic mass is 32.1. The first kappa shape index (κ1) is 16.3. The van der Waals surface area contributed by atoms with E-state index in [-0.39, 0.29) is 24.7 Å². The summed E-state index contributed by atoms with van der Waals surface area (Å²) in [7, 11) is 0. The quantitative estimate of drug-likeness (QED) is 0.754. The Labute approximate surface area is 129 Å². The standard InChI is InChI=1S/C15H24N2O3S/c1-3-11(12-6-4-8-20-12)17-14(18)16-10-15(2,19)13-7-5-9-21-13/h5,7,9,11-12,19H,3-4,6,8,10H2,1-2H3,(H2,16,17,18). The van der Waals surface area contributed by atoms with Gasteiger partial charge in [0, 0.05) is 11.5 Å². The minimum Gasteiger partial charge on any atom is -0.383 e. The summed E-state index contributed by atoms with van der Waals surface area (Å²) in [6.07, 6.45) is 2.99. The molecule has 0 bridgehead atoms. The second-order valence-electron chi connectivity index (χ2n) is 5.64. The zero-order valence-electron chi connectivity index (χ0n) is 12.6. The molecule has 1 aromatic rings. The van der Waals surface area contributed by atoms with Gasteiger partial charge >= 0.3 is 6.03 Å². The molecule has 2 rings (SSSR count). The number of ether oxygens (including phenoxy) is 1. The number of rotatable bonds is 6. The predicted molar refractivity (Wildman–Crippen MR) is 83.5 cm³/mol. The van der Waals surface area contributed by atoms with Crippen LogP contribution in [0.5, 0.6) is 0 Å². The van der Waals surface area contributed by atoms with Crippen molar-refractivity contribution in [3.05, 3.63) is 22.4 Å². The fourth-order valence-corrected chi connectivity index (χ4v) is 3.31. The van der Waals surface area contributed by atoms with Crippen molar-refractivity contribution in [3.63, 3.8) is 0 Å². The van der Waals surface area contributed by atoms with E-state index in [1.54, 1.807) is 6.92 Å². The van der Waals surface area contributed by atoms with Gasteiger partial charge in [0.1, 0.15) is 5.60 Å². The van der Waals surface area contributed by atoms with Crippen LogP contribution < -0.4 is 10.6 Å². The number of hydrogen-bond acceptors (Lipinski definition) is 4. The third-order valence-electron chi connectivity index (χ3n) is 3.82. The lowest BCUT2D eigenvalue weighted by atomic mass is 10.1. The van der Waals surface area contributed by atoms with Crippen molar-refractivity contribution in [2.45, 2.75) is 50.9 Å². The Kier molecular flexibility index (Phi) is 5.61. The van der Waals surface area contributed by atoms with Crippen molar-refractivity contribution in [1.82, 2.24) is 10.6 Å². The smallest absolute Gasteiger partial charge is 0.315 e. The van der Waals surface area contributed by atoms with Crippen LogP contribution in [-0.4, -0.2) is 36.4 Å². The van der Waals surface area contributed by atoms with Gasteiger partial charge in [-0.25, -0.2) is 4.79 Å². The second kappa shape index (κ2) is 7.24. The van der Waals surface area contributed by atoms with E-state index < -0.39 is 5.60 Å². The van der Waals surface area contributed by atoms with Crippen molar-refractivity contribution in [3.8, 4) is 0 Å². The molecular weight excluding hydrogens is 288 g/mol. The molecule has 1 aliphatic heterocycles. The summed E-state index contributed by atoms with van der Waals surface area (Å²) in [5, 5.41) is 18.0. The fourth-order valence-electron chi connectivity index (χ4n) is 2.52. The van der Waals surface area contributed by atoms with E-state index in [1.165, 1.54) is 11.3 Å². The van der Waals surface area contributed by atoms with Gasteiger partial charge in [-0.15, -0.1) is 11.3 Å². The maximum atomic E-state index is 12.0. The van der Waals surface area contributed by atoms with E-state index in [4.69, 9.17) is 4.74 Å². The number of hydrogen-bond donors (Lipinski definition) is 3. The molecule has 1 aliphatic rings. The third kappa shape index (κ3) is 4.43. The zero-order valence-corrected chi connectivity index (χ0v) is 13.4. The maximum Gasteiger partial charge on any atom is 0.315 e. The van der Waals surface area contributed by atoms with E-state index in [9.17, 15) is 9.90 Å². The van der Waals surface area contributed by atoms with Crippen LogP contribution in [0.3, 0.4) is 0 Å². The Morgan fingerprint density at radius 3 is 3.05 bits per heavy atom. The third-order valence-corrected chi connectivity index (χ3v) is 4.94. The van der Waals surface area contributed by atoms with Crippen LogP contribution in [-0.2, 0) is 10.3 Å². The Morgan fingerprint density at radius 2 is 2.48 bits per heavy atom. The summed E-state index contributed by atoms with van der Waals surface area (Å²) in [5.74, 6) is 0. The molecule has 3 N–H and O–H groups in total. The zero-order chi connectivity index (χ0) is 15.3. The van der Waals surface area contributed by atoms with Crippen molar-refractivity contribution in [2.75, 3.05) is 13.2 Å². The average molecular weight is 312 g/mol. The molecule has 0 saturated carbocycles. The summed E-state index contributed by atoms with van der Waals surface area (Å²) in [6.45, 7) is 4.70. The molecule has 118 valence electrons. The minimum absolute atomic E-state index is 0.0270. The molecule has 0 aromatic carbocycles. The molecular formula is C15H24N2O3S. The summed E-state index contributed by atoms with van der Waals surface area (Å²) in [6, 6.07) is 3.53. The lowest BCUT2D eigenvalue weighted by molar-refractivity contribution is 0.0610. The maximum absolute atomic E-state index is 12.0. The lowest BCUT2D eigenvalue weighted by Crippen LogP contribution is -2.49. The Balaban J connectivity index is 1.81. The van der Waals surface area contributed by atoms with Gasteiger partial charge in [0.15, 0.2) is 0 Å². The molecule has 1 saturated heterocycles. The van der Waals surface area contributed by atoms with E-state index in [2.05, 4.69) is 10.6 Å². The molecule has 1 aromatic heterocycles. The van der Waals surface area contributed by atoms with Gasteiger partial charge in [-0.1, -0.05) is 13.0 Å². The number of urea groups is 1. The molecule has 21 heavy (non-hydrogen) atoms. The highest BCUT2D eigenvalue weighted by molar-refractivity contribution is 7.10. The van der Waals surface area contributed by atoms with Gasteiger partial charge in [0.2, 0.25) is 0 Å². The summed E-state index contributed by atoms with van der Waals surface area (Å²) in [4.78, 5) is 12.8. The predicted octanol–water partition coefficient (Wildman–Crippen LogP) is 2.21. The number of nitrogens with one attached hydrogen (secondary N) is 2. The second-order valence-corrected chi connectivity index (χ2v) is 6.59. The van der Waals surface area contributed by atoms with E-state index >= 15 is 0 Å². The molecule has 2 amide bonds. The molecule has 3 unspecified atom stereocenters. The van der Waals surface area contributed by atoms with Crippen LogP contribution in [0.1, 0.15) is 38.0 Å². The Bertz CT molecular complexity index is 442. The monoisotopic (exact) mass is 312 g/mol. The van der Waals surface area contributed by atoms with Crippen molar-refractivity contribution in [2.24, 2.45) is 0 Å². The van der Waals surface area contributed by atoms with Crippen LogP contribution in [0.25, 0.3) is 0 Å². The van der Waals surface area contributed by atoms with Gasteiger partial charge in [0.05, 0.1) is 18.7 Å². The number of aliphatic hydroxyl groups is 1. The van der Waals surface area contributed by atoms with E-state index in [1.807, 2.05) is 24.4 Å². The first-order valence-electron chi connectivity index (χ1n) is 7.45. The molecule has 5 nitrogen and oxygen atoms in total. The van der Waals surface area contributed by atoms with Gasteiger partial charge < -0.3 is 20.5 Å². The van der Waals surface area contributed by atoms with Gasteiger partial charge in [-0.3, -0.25) is 0 Å². The number of carbonyl (C=O) groups excluding carboxylic acids is 1. The van der Waals surface area contributed by atoms with Crippen molar-refractivity contribution >= 4 is 17.4 Å². The highest BCUT2D eigenvalue weighted by Crippen LogP contribution is 2.24. The van der Waals surface area contributed by atoms with Crippen LogP contribution in [0, 0.1) is 0 Å². The van der Waals surface area contributed by atoms with Gasteiger partial charge in [-0.05, 0) is 37.6 Å². The average Bonchev–Trinajstić information content (AvgIpc) is 3.14. The van der Waals surface area contributed by atoms with Crippen LogP contribution in [0.4, 0.5) is 4.79 Å². The molecule has 1 fully saturated rings. The van der Waals surface area contributed by atoms with Crippen molar-refractivity contribution < 1.29 is 14.6 Å². The molecule has 2 heterocycles. The lowest BCUT2D eigenvalue weighted by Gasteiger charge is -2.25. The van der Waals surface area contributed by atoms with Crippen molar-refractivity contribution in [1.29, 1.82) is 0 Å². The molecule has 0 spiro atoms. The van der Waals surface area contributed by atoms with Crippen LogP contribution in [0.15, 0.2) is 17.5 Å². The van der Waals surface area contributed by atoms with Crippen LogP contribution in [0.2, 0.25) is 0 Å². The Morgan fingerprint density at radius 1 is 1.67 bits per heavy atom. The first-order chi connectivity index (χ1) is 10.0. The summed E-state index contributed by atoms with van der Waals surface area (Å²) in [5.41, 5.74) is -1.04. The van der Waals surface area contributed by atoms with E-state index in [0.717, 1.165) is 30.7 Å². The summed E-state index contributed by atoms with van der Waals surface area (Å²) >= 11 is 1.48. The molecule has 6 heteroatoms. The fraction of sp³-hybridized carbons (Fsp3) is 0.667. The minimum atomic E-state index is -1.04. The van der Waals surface area contributed by atoms with E-state index in [0.29, 0.717) is 0 Å². The normalized spacial score (nSPS) is 22.5.